The zero-order chi connectivity index (χ0) is 18.6. The summed E-state index contributed by atoms with van der Waals surface area (Å²) in [6, 6.07) is 14.3. The van der Waals surface area contributed by atoms with Gasteiger partial charge in [0.05, 0.1) is 11.4 Å². The van der Waals surface area contributed by atoms with Gasteiger partial charge in [0.15, 0.2) is 11.5 Å². The minimum Gasteiger partial charge on any atom is -0.485 e. The van der Waals surface area contributed by atoms with Crippen LogP contribution in [0.5, 0.6) is 11.5 Å². The summed E-state index contributed by atoms with van der Waals surface area (Å²) in [7, 11) is 0. The van der Waals surface area contributed by atoms with Crippen LogP contribution in [0.15, 0.2) is 58.7 Å². The van der Waals surface area contributed by atoms with E-state index in [1.54, 1.807) is 29.5 Å². The number of ether oxygens (including phenoxy) is 2. The van der Waals surface area contributed by atoms with Crippen molar-refractivity contribution in [3.63, 3.8) is 0 Å². The number of aromatic nitrogens is 2. The second kappa shape index (κ2) is 7.63. The second-order valence-electron chi connectivity index (χ2n) is 5.91. The van der Waals surface area contributed by atoms with Crippen molar-refractivity contribution < 1.29 is 14.3 Å². The lowest BCUT2D eigenvalue weighted by atomic mass is 10.2. The Morgan fingerprint density at radius 2 is 2.04 bits per heavy atom. The number of nitrogens with one attached hydrogen (secondary N) is 1. The van der Waals surface area contributed by atoms with Gasteiger partial charge < -0.3 is 14.8 Å². The summed E-state index contributed by atoms with van der Waals surface area (Å²) in [5.74, 6) is 0.889. The van der Waals surface area contributed by atoms with E-state index in [9.17, 15) is 9.59 Å². The van der Waals surface area contributed by atoms with Crippen LogP contribution < -0.4 is 20.3 Å². The number of hydrogen-bond donors (Lipinski definition) is 1. The molecule has 8 heteroatoms. The zero-order valence-corrected chi connectivity index (χ0v) is 15.1. The highest BCUT2D eigenvalue weighted by molar-refractivity contribution is 7.13. The number of thiophene rings is 1. The van der Waals surface area contributed by atoms with Crippen molar-refractivity contribution in [2.75, 3.05) is 13.2 Å². The summed E-state index contributed by atoms with van der Waals surface area (Å²) in [5, 5.41) is 9.09. The molecule has 1 aliphatic rings. The predicted octanol–water partition coefficient (Wildman–Crippen LogP) is 1.93. The summed E-state index contributed by atoms with van der Waals surface area (Å²) in [4.78, 5) is 25.3. The smallest absolute Gasteiger partial charge is 0.266 e. The first-order valence-corrected chi connectivity index (χ1v) is 9.37. The Hall–Kier alpha value is -3.13. The standard InChI is InChI=1S/C19H17N3O4S/c23-18-8-7-13(17-6-3-11-27-17)21-22(18)10-9-20-19(24)16-12-25-14-4-1-2-5-15(14)26-16/h1-8,11,16H,9-10,12H2,(H,20,24). The van der Waals surface area contributed by atoms with E-state index in [-0.39, 0.29) is 31.2 Å². The van der Waals surface area contributed by atoms with Gasteiger partial charge in [0.1, 0.15) is 12.3 Å². The summed E-state index contributed by atoms with van der Waals surface area (Å²) >= 11 is 1.55. The van der Waals surface area contributed by atoms with Crippen molar-refractivity contribution in [2.45, 2.75) is 12.6 Å². The van der Waals surface area contributed by atoms with Gasteiger partial charge in [-0.2, -0.15) is 5.10 Å². The first-order chi connectivity index (χ1) is 13.2. The van der Waals surface area contributed by atoms with E-state index in [0.29, 0.717) is 11.5 Å². The molecule has 1 amide bonds. The van der Waals surface area contributed by atoms with Crippen LogP contribution in [-0.4, -0.2) is 34.9 Å². The molecule has 0 spiro atoms. The third kappa shape index (κ3) is 3.85. The quantitative estimate of drug-likeness (QED) is 0.728. The van der Waals surface area contributed by atoms with E-state index in [2.05, 4.69) is 10.4 Å². The highest BCUT2D eigenvalue weighted by Gasteiger charge is 2.26. The molecule has 0 aliphatic carbocycles. The van der Waals surface area contributed by atoms with Crippen LogP contribution in [-0.2, 0) is 11.3 Å². The molecule has 0 radical (unpaired) electrons. The van der Waals surface area contributed by atoms with Crippen LogP contribution in [0.4, 0.5) is 0 Å². The number of nitrogens with zero attached hydrogens (tertiary/aromatic N) is 2. The van der Waals surface area contributed by atoms with Gasteiger partial charge in [-0.25, -0.2) is 4.68 Å². The molecule has 0 fully saturated rings. The Labute approximate surface area is 159 Å². The van der Waals surface area contributed by atoms with E-state index in [4.69, 9.17) is 9.47 Å². The summed E-state index contributed by atoms with van der Waals surface area (Å²) in [6.07, 6.45) is -0.720. The van der Waals surface area contributed by atoms with Gasteiger partial charge in [-0.05, 0) is 29.6 Å². The number of hydrogen-bond acceptors (Lipinski definition) is 6. The molecule has 1 atom stereocenters. The second-order valence-corrected chi connectivity index (χ2v) is 6.86. The van der Waals surface area contributed by atoms with Crippen molar-refractivity contribution >= 4 is 17.2 Å². The van der Waals surface area contributed by atoms with Gasteiger partial charge in [0.2, 0.25) is 6.10 Å². The number of fused-ring (bicyclic) bond motifs is 1. The molecular formula is C19H17N3O4S. The van der Waals surface area contributed by atoms with Gasteiger partial charge in [0.25, 0.3) is 11.5 Å². The van der Waals surface area contributed by atoms with E-state index >= 15 is 0 Å². The fourth-order valence-corrected chi connectivity index (χ4v) is 3.40. The van der Waals surface area contributed by atoms with E-state index in [0.717, 1.165) is 10.6 Å². The average molecular weight is 383 g/mol. The minimum atomic E-state index is -0.720. The molecule has 7 nitrogen and oxygen atoms in total. The molecule has 138 valence electrons. The predicted molar refractivity (Wildman–Crippen MR) is 101 cm³/mol. The first kappa shape index (κ1) is 17.3. The molecule has 0 saturated carbocycles. The molecule has 1 aromatic carbocycles. The molecule has 4 rings (SSSR count). The van der Waals surface area contributed by atoms with Crippen LogP contribution in [0, 0.1) is 0 Å². The van der Waals surface area contributed by atoms with Crippen molar-refractivity contribution in [3.05, 3.63) is 64.3 Å². The molecule has 2 aromatic heterocycles. The van der Waals surface area contributed by atoms with Gasteiger partial charge >= 0.3 is 0 Å². The number of amides is 1. The highest BCUT2D eigenvalue weighted by atomic mass is 32.1. The number of para-hydroxylation sites is 2. The minimum absolute atomic E-state index is 0.148. The maximum absolute atomic E-state index is 12.3. The summed E-state index contributed by atoms with van der Waals surface area (Å²) in [6.45, 7) is 0.685. The topological polar surface area (TPSA) is 82.5 Å². The molecule has 1 N–H and O–H groups in total. The Kier molecular flexibility index (Phi) is 4.88. The average Bonchev–Trinajstić information content (AvgIpc) is 3.24. The Balaban J connectivity index is 1.35. The Bertz CT molecular complexity index is 1000. The van der Waals surface area contributed by atoms with Crippen molar-refractivity contribution in [1.29, 1.82) is 0 Å². The largest absolute Gasteiger partial charge is 0.485 e. The van der Waals surface area contributed by atoms with Crippen LogP contribution >= 0.6 is 11.3 Å². The Morgan fingerprint density at radius 3 is 2.85 bits per heavy atom. The fraction of sp³-hybridized carbons (Fsp3) is 0.211. The lowest BCUT2D eigenvalue weighted by molar-refractivity contribution is -0.130. The number of carbonyl (C=O) groups is 1. The van der Waals surface area contributed by atoms with Crippen molar-refractivity contribution in [3.8, 4) is 22.1 Å². The Morgan fingerprint density at radius 1 is 1.19 bits per heavy atom. The maximum Gasteiger partial charge on any atom is 0.266 e. The van der Waals surface area contributed by atoms with Crippen molar-refractivity contribution in [2.24, 2.45) is 0 Å². The maximum atomic E-state index is 12.3. The first-order valence-electron chi connectivity index (χ1n) is 8.49. The molecule has 1 aliphatic heterocycles. The number of carbonyl (C=O) groups excluding carboxylic acids is 1. The van der Waals surface area contributed by atoms with Crippen LogP contribution in [0.25, 0.3) is 10.6 Å². The van der Waals surface area contributed by atoms with E-state index < -0.39 is 6.10 Å². The van der Waals surface area contributed by atoms with Crippen LogP contribution in [0.2, 0.25) is 0 Å². The normalized spacial score (nSPS) is 15.3. The third-order valence-electron chi connectivity index (χ3n) is 4.06. The van der Waals surface area contributed by atoms with Crippen LogP contribution in [0.1, 0.15) is 0 Å². The molecule has 27 heavy (non-hydrogen) atoms. The fourth-order valence-electron chi connectivity index (χ4n) is 2.71. The lowest BCUT2D eigenvalue weighted by Gasteiger charge is -2.25. The zero-order valence-electron chi connectivity index (χ0n) is 14.3. The highest BCUT2D eigenvalue weighted by Crippen LogP contribution is 2.30. The number of rotatable bonds is 5. The molecular weight excluding hydrogens is 366 g/mol. The lowest BCUT2D eigenvalue weighted by Crippen LogP contribution is -2.45. The third-order valence-corrected chi connectivity index (χ3v) is 4.96. The van der Waals surface area contributed by atoms with Crippen molar-refractivity contribution in [1.82, 2.24) is 15.1 Å². The van der Waals surface area contributed by atoms with Crippen LogP contribution in [0.3, 0.4) is 0 Å². The van der Waals surface area contributed by atoms with Gasteiger partial charge in [-0.1, -0.05) is 18.2 Å². The van der Waals surface area contributed by atoms with Gasteiger partial charge in [-0.3, -0.25) is 9.59 Å². The molecule has 1 unspecified atom stereocenters. The summed E-state index contributed by atoms with van der Waals surface area (Å²) < 4.78 is 12.6. The molecule has 0 bridgehead atoms. The molecule has 0 saturated heterocycles. The number of benzene rings is 1. The monoisotopic (exact) mass is 383 g/mol. The SMILES string of the molecule is O=C(NCCn1nc(-c2cccs2)ccc1=O)C1COc2ccccc2O1. The van der Waals surface area contributed by atoms with E-state index in [1.807, 2.05) is 29.6 Å². The van der Waals surface area contributed by atoms with Gasteiger partial charge in [-0.15, -0.1) is 11.3 Å². The molecule has 3 aromatic rings. The van der Waals surface area contributed by atoms with Gasteiger partial charge in [0, 0.05) is 12.6 Å². The molecule has 3 heterocycles. The summed E-state index contributed by atoms with van der Waals surface area (Å²) in [5.41, 5.74) is 0.521. The van der Waals surface area contributed by atoms with E-state index in [1.165, 1.54) is 10.7 Å².